The van der Waals surface area contributed by atoms with Gasteiger partial charge in [-0.3, -0.25) is 24.1 Å². The van der Waals surface area contributed by atoms with Gasteiger partial charge in [0.2, 0.25) is 23.9 Å². The number of amides is 4. The number of aliphatic imine (C=N–C) groups is 1. The Morgan fingerprint density at radius 2 is 1.83 bits per heavy atom. The van der Waals surface area contributed by atoms with E-state index in [0.29, 0.717) is 27.5 Å². The van der Waals surface area contributed by atoms with Crippen molar-refractivity contribution >= 4 is 59.3 Å². The first-order chi connectivity index (χ1) is 19.6. The fraction of sp³-hybridized carbons (Fsp3) is 0.414. The van der Waals surface area contributed by atoms with E-state index in [1.807, 2.05) is 30.3 Å². The number of hydrogen-bond donors (Lipinski definition) is 4. The molecule has 1 fully saturated rings. The van der Waals surface area contributed by atoms with Crippen LogP contribution in [0, 0.1) is 5.92 Å². The number of benzodiazepines with no additional fused rings is 1. The van der Waals surface area contributed by atoms with Crippen LogP contribution in [0.15, 0.2) is 53.5 Å². The summed E-state index contributed by atoms with van der Waals surface area (Å²) in [4.78, 5) is 60.2. The molecule has 0 saturated heterocycles. The number of hydrogen-bond acceptors (Lipinski definition) is 7. The van der Waals surface area contributed by atoms with Gasteiger partial charge in [-0.1, -0.05) is 61.2 Å². The SMILES string of the molecule is CN(C(=O)C(N)CS)C1N=C(c2ccccc2)c2cc(Cl)ccc2N(CC(=O)NC(C(N)=O)C2CCCCC2)C1=O. The van der Waals surface area contributed by atoms with Crippen LogP contribution in [0.1, 0.15) is 43.2 Å². The molecule has 4 rings (SSSR count). The van der Waals surface area contributed by atoms with Gasteiger partial charge < -0.3 is 21.7 Å². The maximum atomic E-state index is 14.1. The molecule has 4 amide bonds. The summed E-state index contributed by atoms with van der Waals surface area (Å²) in [5, 5.41) is 3.17. The number of anilines is 1. The highest BCUT2D eigenvalue weighted by molar-refractivity contribution is 7.80. The van der Waals surface area contributed by atoms with Crippen molar-refractivity contribution in [2.24, 2.45) is 22.4 Å². The normalized spacial score (nSPS) is 18.9. The molecule has 1 aliphatic carbocycles. The summed E-state index contributed by atoms with van der Waals surface area (Å²) < 4.78 is 0. The van der Waals surface area contributed by atoms with Crippen molar-refractivity contribution in [3.8, 4) is 0 Å². The highest BCUT2D eigenvalue weighted by Gasteiger charge is 2.39. The quantitative estimate of drug-likeness (QED) is 0.326. The van der Waals surface area contributed by atoms with Crippen LogP contribution in [-0.2, 0) is 19.2 Å². The highest BCUT2D eigenvalue weighted by Crippen LogP contribution is 2.32. The summed E-state index contributed by atoms with van der Waals surface area (Å²) in [7, 11) is 1.44. The van der Waals surface area contributed by atoms with Crippen molar-refractivity contribution in [2.45, 2.75) is 50.4 Å². The molecular weight excluding hydrogens is 564 g/mol. The lowest BCUT2D eigenvalue weighted by Gasteiger charge is -2.31. The fourth-order valence-corrected chi connectivity index (χ4v) is 5.72. The smallest absolute Gasteiger partial charge is 0.272 e. The minimum Gasteiger partial charge on any atom is -0.368 e. The van der Waals surface area contributed by atoms with Crippen LogP contribution < -0.4 is 21.7 Å². The van der Waals surface area contributed by atoms with E-state index in [-0.39, 0.29) is 11.7 Å². The molecule has 41 heavy (non-hydrogen) atoms. The van der Waals surface area contributed by atoms with Crippen LogP contribution in [0.2, 0.25) is 5.02 Å². The maximum absolute atomic E-state index is 14.1. The summed E-state index contributed by atoms with van der Waals surface area (Å²) in [6, 6.07) is 12.3. The van der Waals surface area contributed by atoms with Gasteiger partial charge in [0.25, 0.3) is 5.91 Å². The van der Waals surface area contributed by atoms with E-state index in [1.54, 1.807) is 18.2 Å². The van der Waals surface area contributed by atoms with Crippen LogP contribution in [-0.4, -0.2) is 71.8 Å². The Hall–Kier alpha value is -3.41. The minimum atomic E-state index is -1.34. The summed E-state index contributed by atoms with van der Waals surface area (Å²) >= 11 is 10.5. The molecule has 2 aromatic rings. The minimum absolute atomic E-state index is 0.0663. The molecule has 1 aliphatic heterocycles. The van der Waals surface area contributed by atoms with E-state index in [4.69, 9.17) is 28.1 Å². The first-order valence-electron chi connectivity index (χ1n) is 13.6. The lowest BCUT2D eigenvalue weighted by molar-refractivity contribution is -0.138. The van der Waals surface area contributed by atoms with Crippen LogP contribution >= 0.6 is 24.2 Å². The van der Waals surface area contributed by atoms with Crippen LogP contribution in [0.3, 0.4) is 0 Å². The number of halogens is 1. The Morgan fingerprint density at radius 1 is 1.15 bits per heavy atom. The third-order valence-corrected chi connectivity index (χ3v) is 8.19. The molecule has 5 N–H and O–H groups in total. The topological polar surface area (TPSA) is 151 Å². The van der Waals surface area contributed by atoms with E-state index < -0.39 is 48.4 Å². The van der Waals surface area contributed by atoms with Gasteiger partial charge in [0.15, 0.2) is 0 Å². The molecule has 3 atom stereocenters. The van der Waals surface area contributed by atoms with Crippen LogP contribution in [0.4, 0.5) is 5.69 Å². The molecule has 0 bridgehead atoms. The predicted molar refractivity (Wildman–Crippen MR) is 162 cm³/mol. The average molecular weight is 599 g/mol. The number of carbonyl (C=O) groups excluding carboxylic acids is 4. The van der Waals surface area contributed by atoms with Gasteiger partial charge >= 0.3 is 0 Å². The van der Waals surface area contributed by atoms with Gasteiger partial charge in [-0.05, 0) is 37.0 Å². The molecule has 2 aromatic carbocycles. The standard InChI is InChI=1S/C29H35ClN6O4S/c1-35(28(39)21(31)16-41)27-29(40)36(15-23(37)33-25(26(32)38)18-10-6-3-7-11-18)22-13-12-19(30)14-20(22)24(34-27)17-8-4-2-5-9-17/h2,4-5,8-9,12-14,18,21,25,27,41H,3,6-7,10-11,15-16,31H2,1H3,(H2,32,38)(H,33,37). The molecule has 0 spiro atoms. The lowest BCUT2D eigenvalue weighted by atomic mass is 9.83. The monoisotopic (exact) mass is 598 g/mol. The van der Waals surface area contributed by atoms with E-state index in [1.165, 1.54) is 16.8 Å². The van der Waals surface area contributed by atoms with E-state index in [9.17, 15) is 19.2 Å². The summed E-state index contributed by atoms with van der Waals surface area (Å²) in [6.07, 6.45) is 3.22. The lowest BCUT2D eigenvalue weighted by Crippen LogP contribution is -2.56. The Balaban J connectivity index is 1.76. The third-order valence-electron chi connectivity index (χ3n) is 7.56. The second-order valence-electron chi connectivity index (χ2n) is 10.4. The largest absolute Gasteiger partial charge is 0.368 e. The van der Waals surface area contributed by atoms with Gasteiger partial charge in [0, 0.05) is 29.0 Å². The van der Waals surface area contributed by atoms with E-state index in [0.717, 1.165) is 32.1 Å². The van der Waals surface area contributed by atoms with Gasteiger partial charge in [0.1, 0.15) is 12.6 Å². The first-order valence-corrected chi connectivity index (χ1v) is 14.6. The van der Waals surface area contributed by atoms with Gasteiger partial charge in [-0.25, -0.2) is 4.99 Å². The number of thiol groups is 1. The van der Waals surface area contributed by atoms with Gasteiger partial charge in [-0.2, -0.15) is 12.6 Å². The summed E-state index contributed by atoms with van der Waals surface area (Å²) in [6.45, 7) is -0.432. The molecule has 10 nitrogen and oxygen atoms in total. The highest BCUT2D eigenvalue weighted by atomic mass is 35.5. The van der Waals surface area contributed by atoms with Crippen molar-refractivity contribution in [1.29, 1.82) is 0 Å². The van der Waals surface area contributed by atoms with E-state index in [2.05, 4.69) is 17.9 Å². The molecule has 1 saturated carbocycles. The zero-order valence-electron chi connectivity index (χ0n) is 22.8. The zero-order chi connectivity index (χ0) is 29.7. The number of rotatable bonds is 9. The molecule has 0 aromatic heterocycles. The Morgan fingerprint density at radius 3 is 2.46 bits per heavy atom. The van der Waals surface area contributed by atoms with Crippen molar-refractivity contribution in [3.05, 3.63) is 64.7 Å². The summed E-state index contributed by atoms with van der Waals surface area (Å²) in [5.41, 5.74) is 13.6. The Labute approximate surface area is 249 Å². The molecule has 3 unspecified atom stereocenters. The Kier molecular flexibility index (Phi) is 10.1. The van der Waals surface area contributed by atoms with Crippen LogP contribution in [0.5, 0.6) is 0 Å². The number of nitrogens with one attached hydrogen (secondary N) is 1. The van der Waals surface area contributed by atoms with E-state index >= 15 is 0 Å². The van der Waals surface area contributed by atoms with Gasteiger partial charge in [-0.15, -0.1) is 0 Å². The van der Waals surface area contributed by atoms with Gasteiger partial charge in [0.05, 0.1) is 17.4 Å². The fourth-order valence-electron chi connectivity index (χ4n) is 5.39. The number of nitrogens with two attached hydrogens (primary N) is 2. The molecule has 218 valence electrons. The van der Waals surface area contributed by atoms with Crippen molar-refractivity contribution in [1.82, 2.24) is 10.2 Å². The first kappa shape index (κ1) is 30.5. The Bertz CT molecular complexity index is 1330. The summed E-state index contributed by atoms with van der Waals surface area (Å²) in [5.74, 6) is -2.32. The number of benzene rings is 2. The molecule has 1 heterocycles. The molecule has 0 radical (unpaired) electrons. The number of fused-ring (bicyclic) bond motifs is 1. The number of nitrogens with zero attached hydrogens (tertiary/aromatic N) is 3. The second kappa shape index (κ2) is 13.5. The maximum Gasteiger partial charge on any atom is 0.272 e. The van der Waals surface area contributed by atoms with Crippen molar-refractivity contribution in [2.75, 3.05) is 24.2 Å². The zero-order valence-corrected chi connectivity index (χ0v) is 24.5. The third kappa shape index (κ3) is 6.91. The predicted octanol–water partition coefficient (Wildman–Crippen LogP) is 2.12. The molecule has 2 aliphatic rings. The molecule has 12 heteroatoms. The number of likely N-dealkylation sites (N-methyl/N-ethyl adjacent to an activating group) is 1. The number of carbonyl (C=O) groups is 4. The van der Waals surface area contributed by atoms with Crippen molar-refractivity contribution < 1.29 is 19.2 Å². The van der Waals surface area contributed by atoms with Crippen molar-refractivity contribution in [3.63, 3.8) is 0 Å². The average Bonchev–Trinajstić information content (AvgIpc) is 3.09. The van der Waals surface area contributed by atoms with Crippen LogP contribution in [0.25, 0.3) is 0 Å². The molecular formula is C29H35ClN6O4S. The number of primary amides is 1. The second-order valence-corrected chi connectivity index (χ2v) is 11.2.